The highest BCUT2D eigenvalue weighted by Gasteiger charge is 2.24. The zero-order valence-corrected chi connectivity index (χ0v) is 22.5. The van der Waals surface area contributed by atoms with Gasteiger partial charge in [0.1, 0.15) is 23.8 Å². The van der Waals surface area contributed by atoms with Crippen molar-refractivity contribution in [3.8, 4) is 17.0 Å². The first-order valence-corrected chi connectivity index (χ1v) is 13.2. The second-order valence-corrected chi connectivity index (χ2v) is 10.6. The van der Waals surface area contributed by atoms with Crippen molar-refractivity contribution >= 4 is 52.5 Å². The average molecular weight is 563 g/mol. The average Bonchev–Trinajstić information content (AvgIpc) is 3.26. The van der Waals surface area contributed by atoms with E-state index in [2.05, 4.69) is 5.16 Å². The molecule has 4 rings (SSSR count). The Morgan fingerprint density at radius 1 is 1.03 bits per heavy atom. The number of ether oxygens (including phenoxy) is 1. The molecular formula is C27H22Cl3NO4S. The lowest BCUT2D eigenvalue weighted by Gasteiger charge is -2.12. The maximum Gasteiger partial charge on any atom is 0.335 e. The molecule has 0 aliphatic rings. The van der Waals surface area contributed by atoms with Crippen LogP contribution in [0.3, 0.4) is 0 Å². The SMILES string of the molecule is CC(C)c1onc(-c2c(Cl)cccc2Cl)c1COc1ccc(CSc2ccc(C(=O)O)cc2)c(Cl)c1. The van der Waals surface area contributed by atoms with Gasteiger partial charge in [0.2, 0.25) is 0 Å². The Morgan fingerprint density at radius 2 is 1.72 bits per heavy atom. The molecule has 0 spiro atoms. The number of benzene rings is 3. The fraction of sp³-hybridized carbons (Fsp3) is 0.185. The van der Waals surface area contributed by atoms with Crippen LogP contribution in [0.5, 0.6) is 5.75 Å². The number of aromatic nitrogens is 1. The van der Waals surface area contributed by atoms with Crippen molar-refractivity contribution in [3.63, 3.8) is 0 Å². The normalized spacial score (nSPS) is 11.2. The summed E-state index contributed by atoms with van der Waals surface area (Å²) in [4.78, 5) is 12.0. The maximum atomic E-state index is 11.0. The van der Waals surface area contributed by atoms with Crippen molar-refractivity contribution in [2.75, 3.05) is 0 Å². The molecule has 0 bridgehead atoms. The molecule has 0 atom stereocenters. The smallest absolute Gasteiger partial charge is 0.335 e. The molecule has 36 heavy (non-hydrogen) atoms. The van der Waals surface area contributed by atoms with Gasteiger partial charge in [-0.2, -0.15) is 0 Å². The van der Waals surface area contributed by atoms with Gasteiger partial charge in [-0.05, 0) is 54.1 Å². The van der Waals surface area contributed by atoms with Gasteiger partial charge in [0, 0.05) is 27.2 Å². The van der Waals surface area contributed by atoms with E-state index in [0.29, 0.717) is 43.6 Å². The molecule has 3 aromatic carbocycles. The second kappa shape index (κ2) is 11.6. The molecule has 1 N–H and O–H groups in total. The van der Waals surface area contributed by atoms with Crippen molar-refractivity contribution in [3.05, 3.63) is 98.2 Å². The molecule has 9 heteroatoms. The molecule has 1 heterocycles. The number of carboxylic acids is 1. The monoisotopic (exact) mass is 561 g/mol. The first kappa shape index (κ1) is 26.4. The summed E-state index contributed by atoms with van der Waals surface area (Å²) in [7, 11) is 0. The fourth-order valence-electron chi connectivity index (χ4n) is 3.58. The molecule has 0 aliphatic carbocycles. The Balaban J connectivity index is 1.49. The van der Waals surface area contributed by atoms with E-state index in [9.17, 15) is 4.79 Å². The van der Waals surface area contributed by atoms with Gasteiger partial charge >= 0.3 is 5.97 Å². The first-order valence-electron chi connectivity index (χ1n) is 11.0. The van der Waals surface area contributed by atoms with E-state index in [1.165, 1.54) is 0 Å². The lowest BCUT2D eigenvalue weighted by Crippen LogP contribution is -2.01. The van der Waals surface area contributed by atoms with Crippen molar-refractivity contribution in [2.24, 2.45) is 0 Å². The van der Waals surface area contributed by atoms with Crippen molar-refractivity contribution < 1.29 is 19.2 Å². The van der Waals surface area contributed by atoms with E-state index in [1.54, 1.807) is 60.3 Å². The van der Waals surface area contributed by atoms with Crippen LogP contribution in [0.25, 0.3) is 11.3 Å². The van der Waals surface area contributed by atoms with E-state index in [4.69, 9.17) is 49.2 Å². The van der Waals surface area contributed by atoms with Crippen molar-refractivity contribution in [2.45, 2.75) is 37.0 Å². The van der Waals surface area contributed by atoms with Gasteiger partial charge in [0.15, 0.2) is 0 Å². The van der Waals surface area contributed by atoms with Crippen LogP contribution < -0.4 is 4.74 Å². The van der Waals surface area contributed by atoms with Gasteiger partial charge in [-0.25, -0.2) is 4.79 Å². The van der Waals surface area contributed by atoms with Gasteiger partial charge in [-0.1, -0.05) is 65.9 Å². The summed E-state index contributed by atoms with van der Waals surface area (Å²) in [5.74, 6) is 1.07. The standard InChI is InChI=1S/C27H22Cl3NO4S/c1-15(2)26-20(25(31-35-26)24-21(28)4-3-5-22(24)29)13-34-18-9-6-17(23(30)12-18)14-36-19-10-7-16(8-11-19)27(32)33/h3-12,15H,13-14H2,1-2H3,(H,32,33). The van der Waals surface area contributed by atoms with Gasteiger partial charge < -0.3 is 14.4 Å². The zero-order chi connectivity index (χ0) is 25.8. The highest BCUT2D eigenvalue weighted by atomic mass is 35.5. The van der Waals surface area contributed by atoms with Gasteiger partial charge in [-0.3, -0.25) is 0 Å². The molecule has 5 nitrogen and oxygen atoms in total. The molecular weight excluding hydrogens is 541 g/mol. The summed E-state index contributed by atoms with van der Waals surface area (Å²) >= 11 is 21.0. The van der Waals surface area contributed by atoms with Gasteiger partial charge in [0.25, 0.3) is 0 Å². The maximum absolute atomic E-state index is 11.0. The van der Waals surface area contributed by atoms with Crippen LogP contribution in [0.2, 0.25) is 15.1 Å². The third-order valence-corrected chi connectivity index (χ3v) is 7.49. The minimum absolute atomic E-state index is 0.0821. The van der Waals surface area contributed by atoms with E-state index in [0.717, 1.165) is 16.0 Å². The molecule has 186 valence electrons. The highest BCUT2D eigenvalue weighted by Crippen LogP contribution is 2.39. The Kier molecular flexibility index (Phi) is 8.52. The highest BCUT2D eigenvalue weighted by molar-refractivity contribution is 7.98. The number of carboxylic acid groups (broad SMARTS) is 1. The lowest BCUT2D eigenvalue weighted by molar-refractivity contribution is 0.0697. The quantitative estimate of drug-likeness (QED) is 0.205. The molecule has 0 unspecified atom stereocenters. The van der Waals surface area contributed by atoms with Crippen molar-refractivity contribution in [1.29, 1.82) is 0 Å². The number of thioether (sulfide) groups is 1. The minimum atomic E-state index is -0.945. The van der Waals surface area contributed by atoms with Crippen LogP contribution in [-0.2, 0) is 12.4 Å². The van der Waals surface area contributed by atoms with E-state index < -0.39 is 5.97 Å². The Hall–Kier alpha value is -2.64. The number of halogens is 3. The number of aromatic carboxylic acids is 1. The summed E-state index contributed by atoms with van der Waals surface area (Å²) in [6.45, 7) is 4.23. The largest absolute Gasteiger partial charge is 0.489 e. The topological polar surface area (TPSA) is 72.6 Å². The van der Waals surface area contributed by atoms with Crippen LogP contribution in [0.4, 0.5) is 0 Å². The van der Waals surface area contributed by atoms with Crippen LogP contribution in [-0.4, -0.2) is 16.2 Å². The molecule has 1 aromatic heterocycles. The first-order chi connectivity index (χ1) is 17.2. The van der Waals surface area contributed by atoms with Crippen LogP contribution in [0.1, 0.15) is 47.0 Å². The zero-order valence-electron chi connectivity index (χ0n) is 19.4. The number of hydrogen-bond acceptors (Lipinski definition) is 5. The summed E-state index contributed by atoms with van der Waals surface area (Å²) in [5.41, 5.74) is 3.14. The van der Waals surface area contributed by atoms with Crippen LogP contribution >= 0.6 is 46.6 Å². The van der Waals surface area contributed by atoms with Crippen molar-refractivity contribution in [1.82, 2.24) is 5.16 Å². The Bertz CT molecular complexity index is 1370. The number of rotatable bonds is 9. The number of nitrogens with zero attached hydrogens (tertiary/aromatic N) is 1. The van der Waals surface area contributed by atoms with Gasteiger partial charge in [-0.15, -0.1) is 11.8 Å². The summed E-state index contributed by atoms with van der Waals surface area (Å²) in [5, 5.41) is 14.8. The molecule has 0 aliphatic heterocycles. The van der Waals surface area contributed by atoms with Crippen LogP contribution in [0.15, 0.2) is 70.1 Å². The predicted octanol–water partition coefficient (Wildman–Crippen LogP) is 8.99. The molecule has 0 saturated carbocycles. The van der Waals surface area contributed by atoms with Crippen LogP contribution in [0, 0.1) is 0 Å². The molecule has 0 radical (unpaired) electrons. The van der Waals surface area contributed by atoms with E-state index in [-0.39, 0.29) is 18.1 Å². The third-order valence-electron chi connectivity index (χ3n) is 5.45. The summed E-state index contributed by atoms with van der Waals surface area (Å²) < 4.78 is 11.7. The summed E-state index contributed by atoms with van der Waals surface area (Å²) in [6.07, 6.45) is 0. The Labute approximate surface area is 228 Å². The summed E-state index contributed by atoms with van der Waals surface area (Å²) in [6, 6.07) is 17.6. The molecule has 4 aromatic rings. The fourth-order valence-corrected chi connectivity index (χ4v) is 5.38. The Morgan fingerprint density at radius 3 is 2.33 bits per heavy atom. The van der Waals surface area contributed by atoms with Gasteiger partial charge in [0.05, 0.1) is 21.2 Å². The molecule has 0 saturated heterocycles. The lowest BCUT2D eigenvalue weighted by atomic mass is 10.0. The molecule has 0 amide bonds. The molecule has 0 fully saturated rings. The minimum Gasteiger partial charge on any atom is -0.489 e. The predicted molar refractivity (Wildman–Crippen MR) is 145 cm³/mol. The second-order valence-electron chi connectivity index (χ2n) is 8.29. The third kappa shape index (κ3) is 6.01. The van der Waals surface area contributed by atoms with E-state index in [1.807, 2.05) is 26.0 Å². The number of hydrogen-bond donors (Lipinski definition) is 1. The van der Waals surface area contributed by atoms with E-state index >= 15 is 0 Å². The number of carbonyl (C=O) groups is 1.